The molecule has 0 saturated heterocycles. The molecule has 0 radical (unpaired) electrons. The SMILES string of the molecule is O=C(CCC(=O)NNC(=O)c1ccc(Br)o1)NNC(=O)c1ccc(Br)o1. The molecule has 2 aromatic heterocycles. The molecule has 0 aromatic carbocycles. The van der Waals surface area contributed by atoms with Gasteiger partial charge in [0.25, 0.3) is 0 Å². The smallest absolute Gasteiger partial charge is 0.305 e. The highest BCUT2D eigenvalue weighted by Crippen LogP contribution is 2.14. The predicted octanol–water partition coefficient (Wildman–Crippen LogP) is 1.40. The molecule has 0 aliphatic heterocycles. The van der Waals surface area contributed by atoms with Crippen LogP contribution in [0, 0.1) is 0 Å². The van der Waals surface area contributed by atoms with Crippen molar-refractivity contribution >= 4 is 55.5 Å². The molecule has 0 aliphatic carbocycles. The summed E-state index contributed by atoms with van der Waals surface area (Å²) >= 11 is 6.09. The van der Waals surface area contributed by atoms with E-state index >= 15 is 0 Å². The highest BCUT2D eigenvalue weighted by Gasteiger charge is 2.14. The van der Waals surface area contributed by atoms with Gasteiger partial charge in [-0.1, -0.05) is 0 Å². The molecular formula is C14H12Br2N4O6. The lowest BCUT2D eigenvalue weighted by Gasteiger charge is -2.07. The van der Waals surface area contributed by atoms with Crippen molar-refractivity contribution in [2.75, 3.05) is 0 Å². The van der Waals surface area contributed by atoms with Gasteiger partial charge in [0.2, 0.25) is 11.8 Å². The van der Waals surface area contributed by atoms with Crippen LogP contribution in [0.3, 0.4) is 0 Å². The third kappa shape index (κ3) is 6.04. The molecule has 2 heterocycles. The Labute approximate surface area is 163 Å². The van der Waals surface area contributed by atoms with Crippen LogP contribution in [0.25, 0.3) is 0 Å². The topological polar surface area (TPSA) is 143 Å². The Hall–Kier alpha value is -2.60. The summed E-state index contributed by atoms with van der Waals surface area (Å²) in [6.07, 6.45) is -0.424. The first kappa shape index (κ1) is 19.7. The second kappa shape index (κ2) is 9.20. The number of nitrogens with one attached hydrogen (secondary N) is 4. The lowest BCUT2D eigenvalue weighted by molar-refractivity contribution is -0.127. The second-order valence-corrected chi connectivity index (χ2v) is 6.28. The molecule has 4 N–H and O–H groups in total. The largest absolute Gasteiger partial charge is 0.444 e. The van der Waals surface area contributed by atoms with Crippen molar-refractivity contribution in [3.8, 4) is 0 Å². The minimum atomic E-state index is -0.648. The van der Waals surface area contributed by atoms with Crippen LogP contribution in [-0.4, -0.2) is 23.6 Å². The normalized spacial score (nSPS) is 10.1. The molecule has 2 rings (SSSR count). The van der Waals surface area contributed by atoms with Gasteiger partial charge in [0.1, 0.15) is 0 Å². The molecule has 0 unspecified atom stereocenters. The number of hydrogen-bond acceptors (Lipinski definition) is 6. The summed E-state index contributed by atoms with van der Waals surface area (Å²) in [4.78, 5) is 46.5. The number of furan rings is 2. The van der Waals surface area contributed by atoms with Crippen molar-refractivity contribution in [3.63, 3.8) is 0 Å². The van der Waals surface area contributed by atoms with E-state index in [1.807, 2.05) is 0 Å². The Kier molecular flexibility index (Phi) is 6.97. The Morgan fingerprint density at radius 3 is 1.38 bits per heavy atom. The summed E-state index contributed by atoms with van der Waals surface area (Å²) in [7, 11) is 0. The fraction of sp³-hybridized carbons (Fsp3) is 0.143. The van der Waals surface area contributed by atoms with E-state index in [0.29, 0.717) is 9.34 Å². The van der Waals surface area contributed by atoms with Crippen LogP contribution in [0.15, 0.2) is 42.4 Å². The van der Waals surface area contributed by atoms with Crippen molar-refractivity contribution in [2.45, 2.75) is 12.8 Å². The highest BCUT2D eigenvalue weighted by molar-refractivity contribution is 9.10. The molecule has 0 atom stereocenters. The zero-order valence-electron chi connectivity index (χ0n) is 12.9. The van der Waals surface area contributed by atoms with Crippen molar-refractivity contribution in [2.24, 2.45) is 0 Å². The number of amides is 4. The van der Waals surface area contributed by atoms with Crippen molar-refractivity contribution in [1.82, 2.24) is 21.7 Å². The average Bonchev–Trinajstić information content (AvgIpc) is 3.24. The van der Waals surface area contributed by atoms with Gasteiger partial charge in [0.05, 0.1) is 0 Å². The fourth-order valence-electron chi connectivity index (χ4n) is 1.60. The molecule has 0 fully saturated rings. The van der Waals surface area contributed by atoms with Crippen LogP contribution in [0.2, 0.25) is 0 Å². The molecular weight excluding hydrogens is 480 g/mol. The van der Waals surface area contributed by atoms with Gasteiger partial charge in [0.15, 0.2) is 20.9 Å². The number of hydrogen-bond donors (Lipinski definition) is 4. The summed E-state index contributed by atoms with van der Waals surface area (Å²) in [5.41, 5.74) is 8.55. The quantitative estimate of drug-likeness (QED) is 0.465. The molecule has 0 spiro atoms. The van der Waals surface area contributed by atoms with E-state index in [0.717, 1.165) is 0 Å². The zero-order valence-corrected chi connectivity index (χ0v) is 16.1. The summed E-state index contributed by atoms with van der Waals surface area (Å²) in [5, 5.41) is 0. The maximum Gasteiger partial charge on any atom is 0.305 e. The van der Waals surface area contributed by atoms with Gasteiger partial charge in [0, 0.05) is 12.8 Å². The minimum absolute atomic E-state index is 0.00203. The zero-order chi connectivity index (χ0) is 19.1. The van der Waals surface area contributed by atoms with Gasteiger partial charge < -0.3 is 8.83 Å². The van der Waals surface area contributed by atoms with E-state index in [2.05, 4.69) is 53.6 Å². The number of halogens is 2. The Bertz CT molecular complexity index is 763. The average molecular weight is 492 g/mol. The van der Waals surface area contributed by atoms with Crippen molar-refractivity contribution < 1.29 is 28.0 Å². The van der Waals surface area contributed by atoms with Gasteiger partial charge in [-0.3, -0.25) is 40.9 Å². The van der Waals surface area contributed by atoms with E-state index in [9.17, 15) is 19.2 Å². The van der Waals surface area contributed by atoms with E-state index in [4.69, 9.17) is 8.83 Å². The van der Waals surface area contributed by atoms with Crippen LogP contribution in [-0.2, 0) is 9.59 Å². The third-order valence-electron chi connectivity index (χ3n) is 2.80. The second-order valence-electron chi connectivity index (χ2n) is 4.71. The molecule has 10 nitrogen and oxygen atoms in total. The van der Waals surface area contributed by atoms with Gasteiger partial charge in [-0.05, 0) is 56.1 Å². The Morgan fingerprint density at radius 2 is 1.08 bits per heavy atom. The van der Waals surface area contributed by atoms with Crippen molar-refractivity contribution in [1.29, 1.82) is 0 Å². The number of carbonyl (C=O) groups is 4. The Morgan fingerprint density at radius 1 is 0.692 bits per heavy atom. The van der Waals surface area contributed by atoms with Crippen LogP contribution in [0.5, 0.6) is 0 Å². The number of hydrazine groups is 2. The first-order valence-electron chi connectivity index (χ1n) is 7.04. The standard InChI is InChI=1S/C14H12Br2N4O6/c15-9-3-1-7(25-9)13(23)19-17-11(21)5-6-12(22)18-20-14(24)8-2-4-10(16)26-8/h1-4H,5-6H2,(H,17,21)(H,18,22)(H,19,23)(H,20,24). The van der Waals surface area contributed by atoms with Crippen LogP contribution in [0.1, 0.15) is 34.0 Å². The van der Waals surface area contributed by atoms with Gasteiger partial charge in [-0.25, -0.2) is 0 Å². The predicted molar refractivity (Wildman–Crippen MR) is 93.3 cm³/mol. The lowest BCUT2D eigenvalue weighted by Crippen LogP contribution is -2.43. The molecule has 0 saturated carbocycles. The van der Waals surface area contributed by atoms with Gasteiger partial charge in [-0.15, -0.1) is 0 Å². The first-order valence-corrected chi connectivity index (χ1v) is 8.63. The van der Waals surface area contributed by atoms with Gasteiger partial charge in [-0.2, -0.15) is 0 Å². The molecule has 4 amide bonds. The van der Waals surface area contributed by atoms with E-state index in [1.54, 1.807) is 0 Å². The molecule has 2 aromatic rings. The van der Waals surface area contributed by atoms with E-state index in [1.165, 1.54) is 24.3 Å². The maximum atomic E-state index is 11.6. The molecule has 0 bridgehead atoms. The third-order valence-corrected chi connectivity index (χ3v) is 3.66. The number of carbonyl (C=O) groups excluding carboxylic acids is 4. The van der Waals surface area contributed by atoms with E-state index in [-0.39, 0.29) is 24.4 Å². The minimum Gasteiger partial charge on any atom is -0.444 e. The van der Waals surface area contributed by atoms with Crippen LogP contribution in [0.4, 0.5) is 0 Å². The van der Waals surface area contributed by atoms with Crippen LogP contribution < -0.4 is 21.7 Å². The van der Waals surface area contributed by atoms with Crippen molar-refractivity contribution in [3.05, 3.63) is 45.1 Å². The summed E-state index contributed by atoms with van der Waals surface area (Å²) in [6, 6.07) is 5.88. The molecule has 26 heavy (non-hydrogen) atoms. The first-order chi connectivity index (χ1) is 12.3. The van der Waals surface area contributed by atoms with E-state index < -0.39 is 23.6 Å². The summed E-state index contributed by atoms with van der Waals surface area (Å²) in [6.45, 7) is 0. The highest BCUT2D eigenvalue weighted by atomic mass is 79.9. The fourth-order valence-corrected chi connectivity index (χ4v) is 2.21. The Balaban J connectivity index is 1.64. The summed E-state index contributed by atoms with van der Waals surface area (Å²) < 4.78 is 10.8. The van der Waals surface area contributed by atoms with Crippen LogP contribution >= 0.6 is 31.9 Å². The molecule has 138 valence electrons. The molecule has 0 aliphatic rings. The monoisotopic (exact) mass is 490 g/mol. The number of rotatable bonds is 5. The molecule has 12 heteroatoms. The maximum absolute atomic E-state index is 11.6. The summed E-state index contributed by atoms with van der Waals surface area (Å²) in [5.74, 6) is -2.49. The lowest BCUT2D eigenvalue weighted by atomic mass is 10.3. The van der Waals surface area contributed by atoms with Gasteiger partial charge >= 0.3 is 11.8 Å².